The predicted octanol–water partition coefficient (Wildman–Crippen LogP) is 0.962. The number of carbonyl (C=O) groups is 1. The molecule has 128 valence electrons. The normalized spacial score (nSPS) is 17.6. The summed E-state index contributed by atoms with van der Waals surface area (Å²) in [6, 6.07) is 4.79. The average molecular weight is 362 g/mol. The van der Waals surface area contributed by atoms with Gasteiger partial charge in [-0.25, -0.2) is 4.79 Å². The Morgan fingerprint density at radius 2 is 1.87 bits per heavy atom. The van der Waals surface area contributed by atoms with Crippen molar-refractivity contribution in [3.63, 3.8) is 0 Å². The Bertz CT molecular complexity index is 685. The molecule has 0 saturated carbocycles. The summed E-state index contributed by atoms with van der Waals surface area (Å²) in [6.45, 7) is 2.17. The number of carboxylic acids is 1. The van der Waals surface area contributed by atoms with Gasteiger partial charge in [0.2, 0.25) is 0 Å². The molecule has 2 rings (SSSR count). The molecule has 1 N–H and O–H groups in total. The zero-order chi connectivity index (χ0) is 17.2. The second kappa shape index (κ2) is 7.14. The van der Waals surface area contributed by atoms with Crippen LogP contribution in [0, 0.1) is 0 Å². The molecule has 1 aromatic carbocycles. The molecule has 1 saturated heterocycles. The number of carboxylic acid groups (broad SMARTS) is 1. The second-order valence-corrected chi connectivity index (χ2v) is 8.09. The topological polar surface area (TPSA) is 81.2 Å². The van der Waals surface area contributed by atoms with Gasteiger partial charge >= 0.3 is 5.97 Å². The van der Waals surface area contributed by atoms with Crippen molar-refractivity contribution in [1.29, 1.82) is 0 Å². The Kier molecular flexibility index (Phi) is 5.64. The van der Waals surface area contributed by atoms with Crippen molar-refractivity contribution in [3.05, 3.63) is 34.3 Å². The molecule has 1 fully saturated rings. The molecule has 23 heavy (non-hydrogen) atoms. The monoisotopic (exact) mass is 361 g/mol. The Balaban J connectivity index is 2.07. The van der Waals surface area contributed by atoms with E-state index in [0.29, 0.717) is 43.3 Å². The summed E-state index contributed by atoms with van der Waals surface area (Å²) in [7, 11) is -0.397. The molecule has 1 aromatic rings. The minimum absolute atomic E-state index is 0.181. The molecule has 0 unspecified atom stereocenters. The van der Waals surface area contributed by atoms with Crippen molar-refractivity contribution in [2.45, 2.75) is 6.54 Å². The molecule has 0 spiro atoms. The molecule has 0 aromatic heterocycles. The first-order chi connectivity index (χ1) is 10.7. The van der Waals surface area contributed by atoms with Crippen molar-refractivity contribution in [2.75, 3.05) is 40.3 Å². The number of rotatable bonds is 5. The number of halogens is 1. The molecule has 0 radical (unpaired) electrons. The number of hydrogen-bond donors (Lipinski definition) is 1. The van der Waals surface area contributed by atoms with Crippen LogP contribution in [-0.4, -0.2) is 73.3 Å². The van der Waals surface area contributed by atoms with Gasteiger partial charge in [0, 0.05) is 51.8 Å². The lowest BCUT2D eigenvalue weighted by molar-refractivity contribution is 0.0694. The van der Waals surface area contributed by atoms with Crippen LogP contribution in [0.1, 0.15) is 15.9 Å². The summed E-state index contributed by atoms with van der Waals surface area (Å²) in [5.74, 6) is -1.02. The minimum Gasteiger partial charge on any atom is -0.478 e. The number of piperazine rings is 1. The van der Waals surface area contributed by atoms with Gasteiger partial charge in [-0.3, -0.25) is 4.90 Å². The number of aromatic carboxylic acids is 1. The van der Waals surface area contributed by atoms with Crippen molar-refractivity contribution in [3.8, 4) is 0 Å². The van der Waals surface area contributed by atoms with Gasteiger partial charge in [-0.15, -0.1) is 0 Å². The first kappa shape index (κ1) is 18.2. The van der Waals surface area contributed by atoms with Crippen molar-refractivity contribution in [2.24, 2.45) is 0 Å². The van der Waals surface area contributed by atoms with Gasteiger partial charge in [-0.05, 0) is 17.7 Å². The number of hydrogen-bond acceptors (Lipinski definition) is 4. The van der Waals surface area contributed by atoms with Crippen LogP contribution in [-0.2, 0) is 16.8 Å². The molecule has 0 atom stereocenters. The number of benzene rings is 1. The molecule has 9 heteroatoms. The molecule has 7 nitrogen and oxygen atoms in total. The summed E-state index contributed by atoms with van der Waals surface area (Å²) < 4.78 is 26.8. The Labute approximate surface area is 141 Å². The molecule has 0 bridgehead atoms. The van der Waals surface area contributed by atoms with Gasteiger partial charge in [0.1, 0.15) is 0 Å². The summed E-state index contributed by atoms with van der Waals surface area (Å²) in [5.41, 5.74) is 0.742. The molecule has 0 amide bonds. The van der Waals surface area contributed by atoms with Crippen LogP contribution >= 0.6 is 11.6 Å². The van der Waals surface area contributed by atoms with E-state index in [2.05, 4.69) is 0 Å². The van der Waals surface area contributed by atoms with E-state index in [0.717, 1.165) is 0 Å². The van der Waals surface area contributed by atoms with Crippen molar-refractivity contribution < 1.29 is 18.3 Å². The maximum atomic E-state index is 12.1. The third-order valence-corrected chi connectivity index (χ3v) is 6.14. The van der Waals surface area contributed by atoms with E-state index < -0.39 is 16.2 Å². The molecule has 0 aliphatic carbocycles. The van der Waals surface area contributed by atoms with Gasteiger partial charge < -0.3 is 5.11 Å². The standard InChI is InChI=1S/C14H20ClN3O4S/c1-16(2)23(21,22)18-8-6-17(7-9-18)10-12-11(14(19)20)4-3-5-13(12)15/h3-5H,6-10H2,1-2H3,(H,19,20). The Morgan fingerprint density at radius 1 is 1.26 bits per heavy atom. The second-order valence-electron chi connectivity index (χ2n) is 5.54. The molecular formula is C14H20ClN3O4S. The predicted molar refractivity (Wildman–Crippen MR) is 87.9 cm³/mol. The highest BCUT2D eigenvalue weighted by Gasteiger charge is 2.29. The van der Waals surface area contributed by atoms with E-state index in [1.165, 1.54) is 28.8 Å². The van der Waals surface area contributed by atoms with Crippen LogP contribution in [0.2, 0.25) is 5.02 Å². The maximum absolute atomic E-state index is 12.1. The third kappa shape index (κ3) is 4.02. The van der Waals surface area contributed by atoms with E-state index in [-0.39, 0.29) is 5.56 Å². The lowest BCUT2D eigenvalue weighted by atomic mass is 10.1. The summed E-state index contributed by atoms with van der Waals surface area (Å²) in [4.78, 5) is 13.3. The zero-order valence-corrected chi connectivity index (χ0v) is 14.6. The van der Waals surface area contributed by atoms with Crippen LogP contribution in [0.25, 0.3) is 0 Å². The lowest BCUT2D eigenvalue weighted by Gasteiger charge is -2.35. The highest BCUT2D eigenvalue weighted by molar-refractivity contribution is 7.86. The van der Waals surface area contributed by atoms with Crippen LogP contribution in [0.4, 0.5) is 0 Å². The van der Waals surface area contributed by atoms with E-state index in [1.807, 2.05) is 4.90 Å². The lowest BCUT2D eigenvalue weighted by Crippen LogP contribution is -2.51. The number of nitrogens with zero attached hydrogens (tertiary/aromatic N) is 3. The summed E-state index contributed by atoms with van der Waals surface area (Å²) in [6.07, 6.45) is 0. The van der Waals surface area contributed by atoms with E-state index >= 15 is 0 Å². The molecular weight excluding hydrogens is 342 g/mol. The van der Waals surface area contributed by atoms with Gasteiger partial charge in [0.25, 0.3) is 10.2 Å². The highest BCUT2D eigenvalue weighted by atomic mass is 35.5. The Morgan fingerprint density at radius 3 is 2.39 bits per heavy atom. The van der Waals surface area contributed by atoms with Crippen LogP contribution in [0.3, 0.4) is 0 Å². The molecule has 1 heterocycles. The average Bonchev–Trinajstić information content (AvgIpc) is 2.49. The minimum atomic E-state index is -3.41. The first-order valence-electron chi connectivity index (χ1n) is 7.14. The fourth-order valence-electron chi connectivity index (χ4n) is 2.49. The quantitative estimate of drug-likeness (QED) is 0.845. The van der Waals surface area contributed by atoms with Gasteiger partial charge in [-0.2, -0.15) is 17.0 Å². The third-order valence-electron chi connectivity index (χ3n) is 3.85. The van der Waals surface area contributed by atoms with Crippen molar-refractivity contribution >= 4 is 27.8 Å². The van der Waals surface area contributed by atoms with E-state index in [1.54, 1.807) is 12.1 Å². The molecule has 1 aliphatic rings. The van der Waals surface area contributed by atoms with Gasteiger partial charge in [0.15, 0.2) is 0 Å². The maximum Gasteiger partial charge on any atom is 0.336 e. The summed E-state index contributed by atoms with van der Waals surface area (Å²) >= 11 is 6.13. The fourth-order valence-corrected chi connectivity index (χ4v) is 3.81. The summed E-state index contributed by atoms with van der Waals surface area (Å²) in [5, 5.41) is 9.67. The highest BCUT2D eigenvalue weighted by Crippen LogP contribution is 2.23. The van der Waals surface area contributed by atoms with E-state index in [4.69, 9.17) is 11.6 Å². The van der Waals surface area contributed by atoms with Crippen molar-refractivity contribution in [1.82, 2.24) is 13.5 Å². The van der Waals surface area contributed by atoms with Crippen LogP contribution < -0.4 is 0 Å². The largest absolute Gasteiger partial charge is 0.478 e. The van der Waals surface area contributed by atoms with E-state index in [9.17, 15) is 18.3 Å². The van der Waals surface area contributed by atoms with Gasteiger partial charge in [0.05, 0.1) is 5.56 Å². The fraction of sp³-hybridized carbons (Fsp3) is 0.500. The van der Waals surface area contributed by atoms with Crippen LogP contribution in [0.15, 0.2) is 18.2 Å². The first-order valence-corrected chi connectivity index (χ1v) is 8.91. The SMILES string of the molecule is CN(C)S(=O)(=O)N1CCN(Cc2c(Cl)cccc2C(=O)O)CC1. The zero-order valence-electron chi connectivity index (χ0n) is 13.1. The van der Waals surface area contributed by atoms with Crippen LogP contribution in [0.5, 0.6) is 0 Å². The smallest absolute Gasteiger partial charge is 0.336 e. The molecule has 1 aliphatic heterocycles. The van der Waals surface area contributed by atoms with Gasteiger partial charge in [-0.1, -0.05) is 17.7 Å². The Hall–Kier alpha value is -1.19.